The Labute approximate surface area is 157 Å². The van der Waals surface area contributed by atoms with Crippen LogP contribution in [-0.4, -0.2) is 62.1 Å². The molecule has 4 rings (SSSR count). The van der Waals surface area contributed by atoms with Crippen LogP contribution in [0.2, 0.25) is 0 Å². The monoisotopic (exact) mass is 356 g/mol. The first-order valence-corrected chi connectivity index (χ1v) is 10.1. The minimum atomic E-state index is 0.236. The zero-order valence-electron chi connectivity index (χ0n) is 16.2. The Hall–Kier alpha value is -1.39. The van der Waals surface area contributed by atoms with Crippen molar-refractivity contribution in [1.29, 1.82) is 0 Å². The number of hydrogen-bond donors (Lipinski definition) is 0. The lowest BCUT2D eigenvalue weighted by atomic mass is 9.77. The van der Waals surface area contributed by atoms with Crippen molar-refractivity contribution in [3.63, 3.8) is 0 Å². The highest BCUT2D eigenvalue weighted by atomic mass is 16.5. The number of likely N-dealkylation sites (tertiary alicyclic amines) is 2. The molecule has 1 spiro atoms. The van der Waals surface area contributed by atoms with Gasteiger partial charge >= 0.3 is 0 Å². The summed E-state index contributed by atoms with van der Waals surface area (Å²) in [7, 11) is 2.21. The first kappa shape index (κ1) is 18.0. The second kappa shape index (κ2) is 7.32. The molecule has 4 nitrogen and oxygen atoms in total. The maximum Gasteiger partial charge on any atom is 0.227 e. The number of amides is 1. The molecule has 3 aliphatic rings. The van der Waals surface area contributed by atoms with Gasteiger partial charge in [-0.1, -0.05) is 24.3 Å². The first-order valence-electron chi connectivity index (χ1n) is 10.1. The van der Waals surface area contributed by atoms with Crippen LogP contribution in [0.15, 0.2) is 24.3 Å². The summed E-state index contributed by atoms with van der Waals surface area (Å²) in [4.78, 5) is 17.4. The van der Waals surface area contributed by atoms with Crippen molar-refractivity contribution in [1.82, 2.24) is 9.80 Å². The standard InChI is InChI=1S/C22H32N2O2/c1-17-5-3-4-6-19(17)11-21(25)24-10-9-22(16-24)15-23(2)12-20(22)14-26-13-18-7-8-18/h3-6,18,20H,7-16H2,1-2H3/t20-,22+/m1/s1. The van der Waals surface area contributed by atoms with Gasteiger partial charge in [-0.05, 0) is 50.3 Å². The Morgan fingerprint density at radius 1 is 1.23 bits per heavy atom. The van der Waals surface area contributed by atoms with Crippen molar-refractivity contribution < 1.29 is 9.53 Å². The second-order valence-corrected chi connectivity index (χ2v) is 8.91. The normalized spacial score (nSPS) is 29.0. The molecule has 2 aliphatic heterocycles. The van der Waals surface area contributed by atoms with Gasteiger partial charge in [0.15, 0.2) is 0 Å². The first-order chi connectivity index (χ1) is 12.6. The summed E-state index contributed by atoms with van der Waals surface area (Å²) >= 11 is 0. The maximum atomic E-state index is 12.9. The number of hydrogen-bond acceptors (Lipinski definition) is 3. The highest BCUT2D eigenvalue weighted by molar-refractivity contribution is 5.79. The van der Waals surface area contributed by atoms with Crippen LogP contribution in [0.4, 0.5) is 0 Å². The van der Waals surface area contributed by atoms with E-state index in [1.54, 1.807) is 0 Å². The summed E-state index contributed by atoms with van der Waals surface area (Å²) in [5, 5.41) is 0. The fraction of sp³-hybridized carbons (Fsp3) is 0.682. The maximum absolute atomic E-state index is 12.9. The van der Waals surface area contributed by atoms with Crippen molar-refractivity contribution in [3.8, 4) is 0 Å². The van der Waals surface area contributed by atoms with Crippen LogP contribution in [0.3, 0.4) is 0 Å². The topological polar surface area (TPSA) is 32.8 Å². The van der Waals surface area contributed by atoms with E-state index in [-0.39, 0.29) is 11.3 Å². The third-order valence-electron chi connectivity index (χ3n) is 6.69. The summed E-state index contributed by atoms with van der Waals surface area (Å²) in [6.07, 6.45) is 4.34. The lowest BCUT2D eigenvalue weighted by molar-refractivity contribution is -0.130. The van der Waals surface area contributed by atoms with Gasteiger partial charge in [0.05, 0.1) is 13.0 Å². The number of carbonyl (C=O) groups excluding carboxylic acids is 1. The van der Waals surface area contributed by atoms with Crippen LogP contribution < -0.4 is 0 Å². The third-order valence-corrected chi connectivity index (χ3v) is 6.69. The number of benzene rings is 1. The SMILES string of the molecule is Cc1ccccc1CC(=O)N1CC[C@]2(CN(C)C[C@@H]2COCC2CC2)C1. The average molecular weight is 357 g/mol. The predicted octanol–water partition coefficient (Wildman–Crippen LogP) is 2.74. The van der Waals surface area contributed by atoms with Crippen molar-refractivity contribution in [2.45, 2.75) is 32.6 Å². The minimum absolute atomic E-state index is 0.236. The molecule has 1 aliphatic carbocycles. The van der Waals surface area contributed by atoms with Gasteiger partial charge < -0.3 is 14.5 Å². The Balaban J connectivity index is 1.37. The lowest BCUT2D eigenvalue weighted by Crippen LogP contribution is -2.38. The zero-order chi connectivity index (χ0) is 18.1. The molecule has 0 aromatic heterocycles. The molecule has 4 heteroatoms. The van der Waals surface area contributed by atoms with Crippen LogP contribution in [-0.2, 0) is 16.0 Å². The van der Waals surface area contributed by atoms with Crippen molar-refractivity contribution in [3.05, 3.63) is 35.4 Å². The van der Waals surface area contributed by atoms with Gasteiger partial charge in [-0.25, -0.2) is 0 Å². The fourth-order valence-electron chi connectivity index (χ4n) is 4.85. The summed E-state index contributed by atoms with van der Waals surface area (Å²) in [5.41, 5.74) is 2.60. The molecule has 0 radical (unpaired) electrons. The minimum Gasteiger partial charge on any atom is -0.381 e. The van der Waals surface area contributed by atoms with Crippen LogP contribution in [0.5, 0.6) is 0 Å². The molecule has 1 amide bonds. The Morgan fingerprint density at radius 2 is 2.04 bits per heavy atom. The number of rotatable bonds is 6. The number of ether oxygens (including phenoxy) is 1. The van der Waals surface area contributed by atoms with Crippen molar-refractivity contribution >= 4 is 5.91 Å². The molecule has 26 heavy (non-hydrogen) atoms. The summed E-state index contributed by atoms with van der Waals surface area (Å²) in [5.74, 6) is 1.66. The Morgan fingerprint density at radius 3 is 2.81 bits per heavy atom. The smallest absolute Gasteiger partial charge is 0.227 e. The van der Waals surface area contributed by atoms with Crippen molar-refractivity contribution in [2.75, 3.05) is 46.4 Å². The predicted molar refractivity (Wildman–Crippen MR) is 103 cm³/mol. The molecule has 142 valence electrons. The molecule has 1 aromatic carbocycles. The summed E-state index contributed by atoms with van der Waals surface area (Å²) in [6.45, 7) is 7.89. The van der Waals surface area contributed by atoms with Crippen LogP contribution >= 0.6 is 0 Å². The quantitative estimate of drug-likeness (QED) is 0.786. The van der Waals surface area contributed by atoms with Gasteiger partial charge in [0, 0.05) is 44.1 Å². The van der Waals surface area contributed by atoms with Crippen LogP contribution in [0, 0.1) is 24.2 Å². The Kier molecular flexibility index (Phi) is 5.07. The summed E-state index contributed by atoms with van der Waals surface area (Å²) in [6, 6.07) is 8.24. The molecule has 1 aromatic rings. The van der Waals surface area contributed by atoms with E-state index in [1.807, 2.05) is 12.1 Å². The van der Waals surface area contributed by atoms with E-state index in [1.165, 1.54) is 18.4 Å². The van der Waals surface area contributed by atoms with Crippen LogP contribution in [0.1, 0.15) is 30.4 Å². The van der Waals surface area contributed by atoms with Gasteiger partial charge in [0.25, 0.3) is 0 Å². The molecule has 2 heterocycles. The Bertz CT molecular complexity index is 657. The van der Waals surface area contributed by atoms with E-state index in [0.29, 0.717) is 12.3 Å². The highest BCUT2D eigenvalue weighted by Crippen LogP contribution is 2.44. The van der Waals surface area contributed by atoms with Gasteiger partial charge in [-0.3, -0.25) is 4.79 Å². The van der Waals surface area contributed by atoms with E-state index >= 15 is 0 Å². The molecule has 0 unspecified atom stereocenters. The lowest BCUT2D eigenvalue weighted by Gasteiger charge is -2.30. The van der Waals surface area contributed by atoms with Gasteiger partial charge in [0.1, 0.15) is 0 Å². The van der Waals surface area contributed by atoms with Gasteiger partial charge in [-0.15, -0.1) is 0 Å². The largest absolute Gasteiger partial charge is 0.381 e. The molecular formula is C22H32N2O2. The highest BCUT2D eigenvalue weighted by Gasteiger charge is 2.50. The molecular weight excluding hydrogens is 324 g/mol. The van der Waals surface area contributed by atoms with Crippen molar-refractivity contribution in [2.24, 2.45) is 17.3 Å². The average Bonchev–Trinajstić information content (AvgIpc) is 3.26. The molecule has 3 fully saturated rings. The molecule has 1 saturated carbocycles. The van der Waals surface area contributed by atoms with Crippen LogP contribution in [0.25, 0.3) is 0 Å². The van der Waals surface area contributed by atoms with E-state index in [2.05, 4.69) is 35.9 Å². The van der Waals surface area contributed by atoms with E-state index < -0.39 is 0 Å². The molecule has 0 bridgehead atoms. The number of nitrogens with zero attached hydrogens (tertiary/aromatic N) is 2. The van der Waals surface area contributed by atoms with E-state index in [9.17, 15) is 4.79 Å². The van der Waals surface area contributed by atoms with Gasteiger partial charge in [-0.2, -0.15) is 0 Å². The van der Waals surface area contributed by atoms with E-state index in [4.69, 9.17) is 4.74 Å². The number of carbonyl (C=O) groups is 1. The third kappa shape index (κ3) is 3.81. The zero-order valence-corrected chi connectivity index (χ0v) is 16.2. The fourth-order valence-corrected chi connectivity index (χ4v) is 4.85. The molecule has 2 atom stereocenters. The second-order valence-electron chi connectivity index (χ2n) is 8.91. The summed E-state index contributed by atoms with van der Waals surface area (Å²) < 4.78 is 6.05. The van der Waals surface area contributed by atoms with Gasteiger partial charge in [0.2, 0.25) is 5.91 Å². The molecule has 0 N–H and O–H groups in total. The number of aryl methyl sites for hydroxylation is 1. The van der Waals surface area contributed by atoms with E-state index in [0.717, 1.165) is 57.3 Å². The molecule has 2 saturated heterocycles.